The van der Waals surface area contributed by atoms with Gasteiger partial charge in [0.1, 0.15) is 0 Å². The minimum atomic E-state index is 0.0486. The smallest absolute Gasteiger partial charge is 0.233 e. The molecule has 0 fully saturated rings. The summed E-state index contributed by atoms with van der Waals surface area (Å²) in [5.74, 6) is 0.0486. The van der Waals surface area contributed by atoms with E-state index in [2.05, 4.69) is 22.8 Å². The number of rotatable bonds is 10. The second kappa shape index (κ2) is 10.5. The maximum atomic E-state index is 11.1. The second-order valence-corrected chi connectivity index (χ2v) is 4.44. The van der Waals surface area contributed by atoms with E-state index in [0.29, 0.717) is 6.54 Å². The lowest BCUT2D eigenvalue weighted by Crippen LogP contribution is -2.32. The van der Waals surface area contributed by atoms with Crippen LogP contribution >= 0.6 is 0 Å². The molecule has 1 amide bonds. The van der Waals surface area contributed by atoms with Gasteiger partial charge in [-0.05, 0) is 31.9 Å². The molecule has 2 N–H and O–H groups in total. The highest BCUT2D eigenvalue weighted by Crippen LogP contribution is 2.00. The summed E-state index contributed by atoms with van der Waals surface area (Å²) in [7, 11) is 1.76. The van der Waals surface area contributed by atoms with E-state index >= 15 is 0 Å². The number of hydrogen-bond donors (Lipinski definition) is 2. The van der Waals surface area contributed by atoms with Gasteiger partial charge < -0.3 is 15.4 Å². The summed E-state index contributed by atoms with van der Waals surface area (Å²) in [6.07, 6.45) is 2.90. The average molecular weight is 264 g/mol. The maximum Gasteiger partial charge on any atom is 0.233 e. The first kappa shape index (κ1) is 15.7. The van der Waals surface area contributed by atoms with Crippen molar-refractivity contribution < 1.29 is 9.53 Å². The number of carbonyl (C=O) groups excluding carboxylic acids is 1. The van der Waals surface area contributed by atoms with Gasteiger partial charge in [-0.25, -0.2) is 0 Å². The van der Waals surface area contributed by atoms with E-state index in [-0.39, 0.29) is 5.91 Å². The van der Waals surface area contributed by atoms with Crippen molar-refractivity contribution in [3.63, 3.8) is 0 Å². The Kier molecular flexibility index (Phi) is 8.68. The van der Waals surface area contributed by atoms with Crippen molar-refractivity contribution >= 4 is 5.91 Å². The highest BCUT2D eigenvalue weighted by atomic mass is 16.5. The van der Waals surface area contributed by atoms with Crippen molar-refractivity contribution in [1.29, 1.82) is 0 Å². The Bertz CT molecular complexity index is 341. The van der Waals surface area contributed by atoms with E-state index in [1.165, 1.54) is 5.56 Å². The van der Waals surface area contributed by atoms with Gasteiger partial charge in [-0.3, -0.25) is 4.79 Å². The van der Waals surface area contributed by atoms with E-state index in [4.69, 9.17) is 4.74 Å². The Balaban J connectivity index is 1.88. The summed E-state index contributed by atoms with van der Waals surface area (Å²) in [5.41, 5.74) is 1.31. The third-order valence-electron chi connectivity index (χ3n) is 2.75. The van der Waals surface area contributed by atoms with Gasteiger partial charge in [0.15, 0.2) is 0 Å². The number of ether oxygens (including phenoxy) is 1. The summed E-state index contributed by atoms with van der Waals surface area (Å²) in [6, 6.07) is 10.3. The molecule has 1 rings (SSSR count). The Labute approximate surface area is 115 Å². The molecule has 4 heteroatoms. The normalized spacial score (nSPS) is 10.4. The fraction of sp³-hybridized carbons (Fsp3) is 0.533. The third kappa shape index (κ3) is 8.35. The summed E-state index contributed by atoms with van der Waals surface area (Å²) >= 11 is 0. The van der Waals surface area contributed by atoms with Gasteiger partial charge in [0, 0.05) is 13.2 Å². The quantitative estimate of drug-likeness (QED) is 0.627. The first-order valence-electron chi connectivity index (χ1n) is 6.86. The molecule has 1 aromatic rings. The average Bonchev–Trinajstić information content (AvgIpc) is 2.43. The molecule has 0 atom stereocenters. The van der Waals surface area contributed by atoms with Gasteiger partial charge in [-0.15, -0.1) is 0 Å². The minimum Gasteiger partial charge on any atom is -0.381 e. The number of likely N-dealkylation sites (N-methyl/N-ethyl adjacent to an activating group) is 1. The van der Waals surface area contributed by atoms with Crippen molar-refractivity contribution in [1.82, 2.24) is 10.6 Å². The molecule has 0 bridgehead atoms. The molecular weight excluding hydrogens is 240 g/mol. The van der Waals surface area contributed by atoms with Gasteiger partial charge in [0.05, 0.1) is 13.2 Å². The fourth-order valence-corrected chi connectivity index (χ4v) is 1.72. The predicted molar refractivity (Wildman–Crippen MR) is 77.1 cm³/mol. The Hall–Kier alpha value is -1.39. The highest BCUT2D eigenvalue weighted by Gasteiger charge is 1.97. The Morgan fingerprint density at radius 3 is 2.68 bits per heavy atom. The SMILES string of the molecule is CNCC(=O)NCCCCOCCc1ccccc1. The van der Waals surface area contributed by atoms with Crippen LogP contribution in [-0.4, -0.2) is 39.3 Å². The number of carbonyl (C=O) groups is 1. The summed E-state index contributed by atoms with van der Waals surface area (Å²) in [6.45, 7) is 2.63. The molecule has 0 saturated carbocycles. The zero-order chi connectivity index (χ0) is 13.8. The molecule has 0 aromatic heterocycles. The molecule has 0 spiro atoms. The Morgan fingerprint density at radius 2 is 1.95 bits per heavy atom. The third-order valence-corrected chi connectivity index (χ3v) is 2.75. The summed E-state index contributed by atoms with van der Waals surface area (Å²) < 4.78 is 5.57. The lowest BCUT2D eigenvalue weighted by Gasteiger charge is -2.06. The van der Waals surface area contributed by atoms with E-state index in [9.17, 15) is 4.79 Å². The van der Waals surface area contributed by atoms with Crippen molar-refractivity contribution in [2.24, 2.45) is 0 Å². The van der Waals surface area contributed by atoms with E-state index in [0.717, 1.165) is 39.0 Å². The predicted octanol–water partition coefficient (Wildman–Crippen LogP) is 1.36. The largest absolute Gasteiger partial charge is 0.381 e. The molecule has 106 valence electrons. The van der Waals surface area contributed by atoms with Crippen LogP contribution in [0.25, 0.3) is 0 Å². The standard InChI is InChI=1S/C15H24N2O2/c1-16-13-15(18)17-10-5-6-11-19-12-9-14-7-3-2-4-8-14/h2-4,7-8,16H,5-6,9-13H2,1H3,(H,17,18). The van der Waals surface area contributed by atoms with Gasteiger partial charge in [0.25, 0.3) is 0 Å². The van der Waals surface area contributed by atoms with Crippen molar-refractivity contribution in [2.45, 2.75) is 19.3 Å². The lowest BCUT2D eigenvalue weighted by atomic mass is 10.2. The molecule has 4 nitrogen and oxygen atoms in total. The van der Waals surface area contributed by atoms with Crippen LogP contribution in [0.3, 0.4) is 0 Å². The van der Waals surface area contributed by atoms with Gasteiger partial charge in [-0.2, -0.15) is 0 Å². The molecule has 0 aliphatic rings. The summed E-state index contributed by atoms with van der Waals surface area (Å²) in [4.78, 5) is 11.1. The number of amides is 1. The molecule has 0 unspecified atom stereocenters. The van der Waals surface area contributed by atoms with Crippen molar-refractivity contribution in [3.8, 4) is 0 Å². The van der Waals surface area contributed by atoms with Crippen LogP contribution < -0.4 is 10.6 Å². The second-order valence-electron chi connectivity index (χ2n) is 4.44. The molecule has 0 heterocycles. The molecular formula is C15H24N2O2. The number of nitrogens with one attached hydrogen (secondary N) is 2. The zero-order valence-electron chi connectivity index (χ0n) is 11.7. The van der Waals surface area contributed by atoms with E-state index in [1.807, 2.05) is 18.2 Å². The number of benzene rings is 1. The van der Waals surface area contributed by atoms with Crippen molar-refractivity contribution in [2.75, 3.05) is 33.4 Å². The van der Waals surface area contributed by atoms with Gasteiger partial charge >= 0.3 is 0 Å². The number of unbranched alkanes of at least 4 members (excludes halogenated alkanes) is 1. The molecule has 0 radical (unpaired) electrons. The van der Waals surface area contributed by atoms with Crippen LogP contribution in [0.5, 0.6) is 0 Å². The maximum absolute atomic E-state index is 11.1. The summed E-state index contributed by atoms with van der Waals surface area (Å²) in [5, 5.41) is 5.66. The first-order chi connectivity index (χ1) is 9.33. The zero-order valence-corrected chi connectivity index (χ0v) is 11.7. The highest BCUT2D eigenvalue weighted by molar-refractivity contribution is 5.77. The first-order valence-corrected chi connectivity index (χ1v) is 6.86. The molecule has 19 heavy (non-hydrogen) atoms. The van der Waals surface area contributed by atoms with Crippen LogP contribution in [-0.2, 0) is 16.0 Å². The van der Waals surface area contributed by atoms with Crippen LogP contribution in [0.1, 0.15) is 18.4 Å². The van der Waals surface area contributed by atoms with E-state index < -0.39 is 0 Å². The fourth-order valence-electron chi connectivity index (χ4n) is 1.72. The molecule has 0 saturated heterocycles. The lowest BCUT2D eigenvalue weighted by molar-refractivity contribution is -0.120. The Morgan fingerprint density at radius 1 is 1.16 bits per heavy atom. The molecule has 1 aromatic carbocycles. The van der Waals surface area contributed by atoms with Gasteiger partial charge in [-0.1, -0.05) is 30.3 Å². The number of hydrogen-bond acceptors (Lipinski definition) is 3. The molecule has 0 aliphatic heterocycles. The van der Waals surface area contributed by atoms with Crippen LogP contribution in [0, 0.1) is 0 Å². The monoisotopic (exact) mass is 264 g/mol. The van der Waals surface area contributed by atoms with Crippen LogP contribution in [0.4, 0.5) is 0 Å². The minimum absolute atomic E-state index is 0.0486. The van der Waals surface area contributed by atoms with Gasteiger partial charge in [0.2, 0.25) is 5.91 Å². The molecule has 0 aliphatic carbocycles. The van der Waals surface area contributed by atoms with Crippen molar-refractivity contribution in [3.05, 3.63) is 35.9 Å². The van der Waals surface area contributed by atoms with Crippen LogP contribution in [0.15, 0.2) is 30.3 Å². The topological polar surface area (TPSA) is 50.4 Å². The van der Waals surface area contributed by atoms with Crippen LogP contribution in [0.2, 0.25) is 0 Å². The van der Waals surface area contributed by atoms with E-state index in [1.54, 1.807) is 7.05 Å².